The normalized spacial score (nSPS) is 10.7. The van der Waals surface area contributed by atoms with Crippen LogP contribution in [0.5, 0.6) is 0 Å². The summed E-state index contributed by atoms with van der Waals surface area (Å²) in [6.07, 6.45) is 0. The van der Waals surface area contributed by atoms with Gasteiger partial charge >= 0.3 is 0 Å². The van der Waals surface area contributed by atoms with Gasteiger partial charge < -0.3 is 5.32 Å². The highest BCUT2D eigenvalue weighted by atomic mass is 32.2. The summed E-state index contributed by atoms with van der Waals surface area (Å²) >= 11 is 0. The zero-order valence-corrected chi connectivity index (χ0v) is 11.9. The van der Waals surface area contributed by atoms with Gasteiger partial charge in [-0.1, -0.05) is 6.07 Å². The second-order valence-corrected chi connectivity index (χ2v) is 5.81. The molecule has 7 heteroatoms. The number of nitrogens with zero attached hydrogens (tertiary/aromatic N) is 1. The van der Waals surface area contributed by atoms with Crippen LogP contribution in [0.3, 0.4) is 0 Å². The summed E-state index contributed by atoms with van der Waals surface area (Å²) in [4.78, 5) is -0.386. The van der Waals surface area contributed by atoms with Crippen molar-refractivity contribution in [1.29, 1.82) is 5.26 Å². The van der Waals surface area contributed by atoms with Gasteiger partial charge in [-0.05, 0) is 36.4 Å². The lowest BCUT2D eigenvalue weighted by Gasteiger charge is -2.10. The van der Waals surface area contributed by atoms with Crippen LogP contribution in [-0.4, -0.2) is 15.5 Å². The Bertz CT molecular complexity index is 796. The van der Waals surface area contributed by atoms with E-state index >= 15 is 0 Å². The van der Waals surface area contributed by atoms with Crippen molar-refractivity contribution in [3.8, 4) is 6.07 Å². The summed E-state index contributed by atoms with van der Waals surface area (Å²) in [7, 11) is -2.29. The lowest BCUT2D eigenvalue weighted by atomic mass is 10.2. The Morgan fingerprint density at radius 3 is 2.29 bits per heavy atom. The van der Waals surface area contributed by atoms with E-state index in [1.54, 1.807) is 37.4 Å². The van der Waals surface area contributed by atoms with E-state index < -0.39 is 21.4 Å². The van der Waals surface area contributed by atoms with Crippen LogP contribution in [0.15, 0.2) is 47.4 Å². The van der Waals surface area contributed by atoms with Crippen molar-refractivity contribution < 1.29 is 12.8 Å². The van der Waals surface area contributed by atoms with Crippen LogP contribution in [0.4, 0.5) is 15.8 Å². The van der Waals surface area contributed by atoms with Crippen LogP contribution in [0.1, 0.15) is 5.56 Å². The molecule has 0 aliphatic heterocycles. The van der Waals surface area contributed by atoms with Crippen LogP contribution >= 0.6 is 0 Å². The number of nitrogens with one attached hydrogen (secondary N) is 2. The summed E-state index contributed by atoms with van der Waals surface area (Å²) in [5.41, 5.74) is 0.639. The van der Waals surface area contributed by atoms with E-state index in [1.807, 2.05) is 0 Å². The molecule has 2 aromatic rings. The molecule has 0 saturated carbocycles. The number of nitriles is 1. The van der Waals surface area contributed by atoms with Crippen molar-refractivity contribution in [2.24, 2.45) is 0 Å². The molecule has 2 N–H and O–H groups in total. The van der Waals surface area contributed by atoms with Gasteiger partial charge in [0.05, 0.1) is 0 Å². The molecule has 21 heavy (non-hydrogen) atoms. The smallest absolute Gasteiger partial charge is 0.263 e. The number of benzene rings is 2. The molecule has 0 aliphatic carbocycles. The maximum atomic E-state index is 13.5. The molecule has 2 aromatic carbocycles. The van der Waals surface area contributed by atoms with Gasteiger partial charge in [0.1, 0.15) is 22.3 Å². The van der Waals surface area contributed by atoms with Gasteiger partial charge in [0.25, 0.3) is 10.0 Å². The molecule has 0 spiro atoms. The summed E-state index contributed by atoms with van der Waals surface area (Å²) in [6, 6.07) is 11.5. The lowest BCUT2D eigenvalue weighted by Crippen LogP contribution is -2.15. The molecule has 5 nitrogen and oxygen atoms in total. The van der Waals surface area contributed by atoms with Gasteiger partial charge in [0.2, 0.25) is 0 Å². The third-order valence-electron chi connectivity index (χ3n) is 2.80. The van der Waals surface area contributed by atoms with Crippen molar-refractivity contribution in [2.45, 2.75) is 4.90 Å². The molecule has 0 radical (unpaired) electrons. The minimum atomic E-state index is -4.03. The molecule has 0 heterocycles. The number of anilines is 2. The molecule has 2 rings (SSSR count). The second-order valence-electron chi connectivity index (χ2n) is 4.16. The topological polar surface area (TPSA) is 82.0 Å². The maximum Gasteiger partial charge on any atom is 0.263 e. The first-order valence-electron chi connectivity index (χ1n) is 5.97. The summed E-state index contributed by atoms with van der Waals surface area (Å²) < 4.78 is 40.3. The van der Waals surface area contributed by atoms with Crippen molar-refractivity contribution in [3.05, 3.63) is 53.8 Å². The molecule has 0 unspecified atom stereocenters. The fourth-order valence-electron chi connectivity index (χ4n) is 1.75. The molecule has 0 saturated heterocycles. The predicted octanol–water partition coefficient (Wildman–Crippen LogP) is 2.54. The van der Waals surface area contributed by atoms with Gasteiger partial charge in [0, 0.05) is 18.4 Å². The molecule has 0 atom stereocenters. The number of halogens is 1. The third kappa shape index (κ3) is 3.12. The molecule has 108 valence electrons. The highest BCUT2D eigenvalue weighted by Crippen LogP contribution is 2.22. The average Bonchev–Trinajstić information content (AvgIpc) is 2.47. The van der Waals surface area contributed by atoms with Crippen LogP contribution in [-0.2, 0) is 10.0 Å². The minimum absolute atomic E-state index is 0.321. The van der Waals surface area contributed by atoms with Crippen molar-refractivity contribution in [1.82, 2.24) is 0 Å². The Kier molecular flexibility index (Phi) is 4.10. The Morgan fingerprint density at radius 2 is 1.71 bits per heavy atom. The van der Waals surface area contributed by atoms with Gasteiger partial charge in [-0.25, -0.2) is 12.8 Å². The largest absolute Gasteiger partial charge is 0.388 e. The van der Waals surface area contributed by atoms with Crippen molar-refractivity contribution in [2.75, 3.05) is 17.1 Å². The third-order valence-corrected chi connectivity index (χ3v) is 4.23. The summed E-state index contributed by atoms with van der Waals surface area (Å²) in [5, 5.41) is 11.8. The quantitative estimate of drug-likeness (QED) is 0.909. The van der Waals surface area contributed by atoms with Crippen LogP contribution < -0.4 is 10.0 Å². The first-order chi connectivity index (χ1) is 9.97. The zero-order valence-electron chi connectivity index (χ0n) is 11.1. The highest BCUT2D eigenvalue weighted by Gasteiger charge is 2.21. The predicted molar refractivity (Wildman–Crippen MR) is 77.9 cm³/mol. The zero-order chi connectivity index (χ0) is 15.5. The average molecular weight is 305 g/mol. The lowest BCUT2D eigenvalue weighted by molar-refractivity contribution is 0.593. The van der Waals surface area contributed by atoms with E-state index in [-0.39, 0.29) is 4.90 Å². The first-order valence-corrected chi connectivity index (χ1v) is 7.45. The van der Waals surface area contributed by atoms with Crippen molar-refractivity contribution >= 4 is 21.4 Å². The standard InChI is InChI=1S/C14H12FN3O2S/c1-17-10-5-7-11(8-6-10)18-21(19,20)14-4-2-3-13(15)12(14)9-16/h2-8,17-18H,1H3. The Hall–Kier alpha value is -2.59. The number of rotatable bonds is 4. The number of hydrogen-bond donors (Lipinski definition) is 2. The van der Waals surface area contributed by atoms with E-state index in [0.29, 0.717) is 5.69 Å². The SMILES string of the molecule is CNc1ccc(NS(=O)(=O)c2cccc(F)c2C#N)cc1. The van der Waals surface area contributed by atoms with Gasteiger partial charge in [0.15, 0.2) is 0 Å². The van der Waals surface area contributed by atoms with Gasteiger partial charge in [-0.15, -0.1) is 0 Å². The molecular weight excluding hydrogens is 293 g/mol. The second kappa shape index (κ2) is 5.81. The van der Waals surface area contributed by atoms with E-state index in [9.17, 15) is 12.8 Å². The molecule has 0 aliphatic rings. The Balaban J connectivity index is 2.39. The van der Waals surface area contributed by atoms with Crippen molar-refractivity contribution in [3.63, 3.8) is 0 Å². The monoisotopic (exact) mass is 305 g/mol. The first kappa shape index (κ1) is 14.8. The molecule has 0 amide bonds. The fourth-order valence-corrected chi connectivity index (χ4v) is 2.98. The van der Waals surface area contributed by atoms with E-state index in [0.717, 1.165) is 11.8 Å². The molecule has 0 fully saturated rings. The molecule has 0 aromatic heterocycles. The molecule has 0 bridgehead atoms. The Labute approximate surface area is 122 Å². The van der Waals surface area contributed by atoms with E-state index in [1.165, 1.54) is 12.1 Å². The summed E-state index contributed by atoms with van der Waals surface area (Å²) in [6.45, 7) is 0. The fraction of sp³-hybridized carbons (Fsp3) is 0.0714. The minimum Gasteiger partial charge on any atom is -0.388 e. The van der Waals surface area contributed by atoms with E-state index in [4.69, 9.17) is 5.26 Å². The number of sulfonamides is 1. The van der Waals surface area contributed by atoms with Crippen LogP contribution in [0, 0.1) is 17.1 Å². The van der Waals surface area contributed by atoms with Gasteiger partial charge in [-0.3, -0.25) is 4.72 Å². The molecular formula is C14H12FN3O2S. The van der Waals surface area contributed by atoms with E-state index in [2.05, 4.69) is 10.0 Å². The summed E-state index contributed by atoms with van der Waals surface area (Å²) in [5.74, 6) is -0.870. The maximum absolute atomic E-state index is 13.5. The Morgan fingerprint density at radius 1 is 1.10 bits per heavy atom. The van der Waals surface area contributed by atoms with Gasteiger partial charge in [-0.2, -0.15) is 5.26 Å². The van der Waals surface area contributed by atoms with Crippen LogP contribution in [0.2, 0.25) is 0 Å². The van der Waals surface area contributed by atoms with Crippen LogP contribution in [0.25, 0.3) is 0 Å². The highest BCUT2D eigenvalue weighted by molar-refractivity contribution is 7.92. The number of hydrogen-bond acceptors (Lipinski definition) is 4.